The Hall–Kier alpha value is -2.85. The summed E-state index contributed by atoms with van der Waals surface area (Å²) in [6, 6.07) is 1.22. The molecular weight excluding hydrogens is 353 g/mol. The van der Waals surface area contributed by atoms with Gasteiger partial charge in [-0.1, -0.05) is 19.8 Å². The van der Waals surface area contributed by atoms with Gasteiger partial charge in [-0.05, 0) is 12.6 Å². The topological polar surface area (TPSA) is 120 Å². The molecule has 2 aromatic heterocycles. The number of unbranched alkanes of at least 4 members (excludes halogenated alkanes) is 1. The smallest absolute Gasteiger partial charge is 0.388 e. The second-order valence-corrected chi connectivity index (χ2v) is 5.11. The van der Waals surface area contributed by atoms with E-state index in [1.807, 2.05) is 6.92 Å². The summed E-state index contributed by atoms with van der Waals surface area (Å²) in [5.74, 6) is 0.322. The highest BCUT2D eigenvalue weighted by Crippen LogP contribution is 2.17. The minimum atomic E-state index is -2.94. The molecule has 26 heavy (non-hydrogen) atoms. The van der Waals surface area contributed by atoms with E-state index in [0.29, 0.717) is 18.7 Å². The largest absolute Gasteiger partial charge is 0.415 e. The first-order chi connectivity index (χ1) is 12.4. The van der Waals surface area contributed by atoms with E-state index in [1.165, 1.54) is 12.3 Å². The lowest BCUT2D eigenvalue weighted by atomic mass is 10.1. The number of rotatable bonds is 9. The van der Waals surface area contributed by atoms with E-state index < -0.39 is 18.3 Å². The Morgan fingerprint density at radius 1 is 1.35 bits per heavy atom. The molecule has 0 amide bonds. The number of hydrogen-bond donors (Lipinski definition) is 4. The zero-order chi connectivity index (χ0) is 19.4. The zero-order valence-corrected chi connectivity index (χ0v) is 14.1. The van der Waals surface area contributed by atoms with Crippen molar-refractivity contribution in [3.63, 3.8) is 0 Å². The number of nitrogens with zero attached hydrogens (tertiary/aromatic N) is 2. The van der Waals surface area contributed by atoms with Crippen LogP contribution in [0.1, 0.15) is 32.6 Å². The van der Waals surface area contributed by atoms with Crippen molar-refractivity contribution in [1.29, 1.82) is 5.41 Å². The molecule has 2 rings (SSSR count). The maximum Gasteiger partial charge on any atom is 0.388 e. The van der Waals surface area contributed by atoms with Crippen LogP contribution >= 0.6 is 0 Å². The monoisotopic (exact) mass is 374 g/mol. The van der Waals surface area contributed by atoms with Crippen LogP contribution < -0.4 is 15.6 Å². The first-order valence-corrected chi connectivity index (χ1v) is 7.89. The molecule has 0 aromatic carbocycles. The minimum absolute atomic E-state index is 0.256. The Morgan fingerprint density at radius 2 is 2.12 bits per heavy atom. The lowest BCUT2D eigenvalue weighted by Crippen LogP contribution is -2.07. The Kier molecular flexibility index (Phi) is 9.50. The number of halogens is 3. The molecule has 144 valence electrons. The molecule has 0 aliphatic rings. The van der Waals surface area contributed by atoms with Crippen LogP contribution in [0.5, 0.6) is 5.88 Å². The number of nitrogens with one attached hydrogen (secondary N) is 4. The van der Waals surface area contributed by atoms with E-state index in [0.717, 1.165) is 25.3 Å². The van der Waals surface area contributed by atoms with E-state index in [2.05, 4.69) is 30.2 Å². The molecule has 0 bridgehead atoms. The average Bonchev–Trinajstić information content (AvgIpc) is 3.00. The Balaban J connectivity index is 0.000000321. The van der Waals surface area contributed by atoms with Crippen molar-refractivity contribution in [2.75, 3.05) is 5.32 Å². The van der Waals surface area contributed by atoms with Crippen LogP contribution in [0.25, 0.3) is 0 Å². The quantitative estimate of drug-likeness (QED) is 0.502. The summed E-state index contributed by atoms with van der Waals surface area (Å²) < 4.78 is 40.2. The number of alkyl halides is 3. The molecule has 1 atom stereocenters. The molecule has 2 aromatic rings. The summed E-state index contributed by atoms with van der Waals surface area (Å²) in [4.78, 5) is 17.0. The van der Waals surface area contributed by atoms with E-state index >= 15 is 0 Å². The van der Waals surface area contributed by atoms with E-state index in [1.54, 1.807) is 0 Å². The standard InChI is InChI=1S/C8H7F2N5O2.C7H14FN/c9-8(10)17-7-1-4(14-15-7)12-5-2-11-3-6(16)13-5;1-2-3-4-7(8)5-6-9/h1-3,8H,(H3,12,13,14,15,16);6-7,9H,2-5H2,1H3. The highest BCUT2D eigenvalue weighted by Gasteiger charge is 2.08. The molecule has 0 saturated heterocycles. The summed E-state index contributed by atoms with van der Waals surface area (Å²) in [5.41, 5.74) is -0.390. The zero-order valence-electron chi connectivity index (χ0n) is 14.1. The summed E-state index contributed by atoms with van der Waals surface area (Å²) >= 11 is 0. The number of H-pyrrole nitrogens is 2. The summed E-state index contributed by atoms with van der Waals surface area (Å²) in [6.07, 6.45) is 5.71. The summed E-state index contributed by atoms with van der Waals surface area (Å²) in [6.45, 7) is -0.902. The van der Waals surface area contributed by atoms with Crippen molar-refractivity contribution >= 4 is 17.9 Å². The van der Waals surface area contributed by atoms with Crippen molar-refractivity contribution in [1.82, 2.24) is 20.2 Å². The molecular formula is C15H21F3N6O2. The first-order valence-electron chi connectivity index (χ1n) is 7.89. The van der Waals surface area contributed by atoms with Gasteiger partial charge in [0.1, 0.15) is 17.8 Å². The minimum Gasteiger partial charge on any atom is -0.415 e. The molecule has 0 aliphatic heterocycles. The maximum atomic E-state index is 12.4. The van der Waals surface area contributed by atoms with Gasteiger partial charge in [-0.25, -0.2) is 4.39 Å². The fraction of sp³-hybridized carbons (Fsp3) is 0.467. The second kappa shape index (κ2) is 11.7. The summed E-state index contributed by atoms with van der Waals surface area (Å²) in [7, 11) is 0. The van der Waals surface area contributed by atoms with Gasteiger partial charge in [0.05, 0.1) is 12.4 Å². The van der Waals surface area contributed by atoms with Crippen molar-refractivity contribution in [3.05, 3.63) is 28.8 Å². The molecule has 8 nitrogen and oxygen atoms in total. The van der Waals surface area contributed by atoms with Gasteiger partial charge >= 0.3 is 6.61 Å². The third kappa shape index (κ3) is 8.85. The Morgan fingerprint density at radius 3 is 2.73 bits per heavy atom. The van der Waals surface area contributed by atoms with Crippen LogP contribution in [0, 0.1) is 5.41 Å². The van der Waals surface area contributed by atoms with E-state index in [9.17, 15) is 18.0 Å². The number of aromatic amines is 2. The van der Waals surface area contributed by atoms with Gasteiger partial charge in [0.15, 0.2) is 0 Å². The normalized spacial score (nSPS) is 11.4. The predicted octanol–water partition coefficient (Wildman–Crippen LogP) is 3.39. The fourth-order valence-corrected chi connectivity index (χ4v) is 1.78. The number of aromatic nitrogens is 4. The van der Waals surface area contributed by atoms with Crippen LogP contribution in [0.3, 0.4) is 0 Å². The van der Waals surface area contributed by atoms with Crippen LogP contribution in [0.2, 0.25) is 0 Å². The molecule has 0 radical (unpaired) electrons. The predicted molar refractivity (Wildman–Crippen MR) is 91.2 cm³/mol. The Labute approximate surface area is 147 Å². The van der Waals surface area contributed by atoms with Crippen LogP contribution in [-0.2, 0) is 0 Å². The molecule has 0 spiro atoms. The van der Waals surface area contributed by atoms with Crippen molar-refractivity contribution in [3.8, 4) is 5.88 Å². The molecule has 11 heteroatoms. The van der Waals surface area contributed by atoms with E-state index in [-0.39, 0.29) is 11.7 Å². The number of ether oxygens (including phenoxy) is 1. The van der Waals surface area contributed by atoms with Crippen LogP contribution in [0.4, 0.5) is 24.8 Å². The van der Waals surface area contributed by atoms with Gasteiger partial charge in [0.25, 0.3) is 5.56 Å². The van der Waals surface area contributed by atoms with E-state index in [4.69, 9.17) is 5.41 Å². The second-order valence-electron chi connectivity index (χ2n) is 5.11. The van der Waals surface area contributed by atoms with Gasteiger partial charge in [-0.3, -0.25) is 14.9 Å². The fourth-order valence-electron chi connectivity index (χ4n) is 1.78. The third-order valence-corrected chi connectivity index (χ3v) is 2.93. The maximum absolute atomic E-state index is 12.4. The van der Waals surface area contributed by atoms with Gasteiger partial charge in [0.2, 0.25) is 5.88 Å². The molecule has 4 N–H and O–H groups in total. The molecule has 2 heterocycles. The molecule has 1 unspecified atom stereocenters. The third-order valence-electron chi connectivity index (χ3n) is 2.93. The van der Waals surface area contributed by atoms with Crippen molar-refractivity contribution in [2.24, 2.45) is 0 Å². The van der Waals surface area contributed by atoms with Gasteiger partial charge in [-0.15, -0.1) is 5.10 Å². The number of hydrogen-bond acceptors (Lipinski definition) is 6. The summed E-state index contributed by atoms with van der Waals surface area (Å²) in [5, 5.41) is 15.2. The van der Waals surface area contributed by atoms with Crippen molar-refractivity contribution in [2.45, 2.75) is 45.4 Å². The number of anilines is 2. The average molecular weight is 374 g/mol. The van der Waals surface area contributed by atoms with Crippen LogP contribution in [-0.4, -0.2) is 39.2 Å². The van der Waals surface area contributed by atoms with Gasteiger partial charge < -0.3 is 20.4 Å². The van der Waals surface area contributed by atoms with Crippen molar-refractivity contribution < 1.29 is 17.9 Å². The van der Waals surface area contributed by atoms with Gasteiger partial charge in [-0.2, -0.15) is 8.78 Å². The highest BCUT2D eigenvalue weighted by atomic mass is 19.3. The SMILES string of the molecule is CCCCC(F)CC=N.O=c1cncc(Nc2cc(OC(F)F)n[nH]2)[nH]1. The molecule has 0 saturated carbocycles. The Bertz CT molecular complexity index is 706. The lowest BCUT2D eigenvalue weighted by Gasteiger charge is -2.00. The lowest BCUT2D eigenvalue weighted by molar-refractivity contribution is -0.0528. The van der Waals surface area contributed by atoms with Gasteiger partial charge in [0, 0.05) is 12.5 Å². The molecule has 0 fully saturated rings. The first kappa shape index (κ1) is 21.2. The molecule has 0 aliphatic carbocycles. The highest BCUT2D eigenvalue weighted by molar-refractivity contribution is 5.53. The van der Waals surface area contributed by atoms with Crippen LogP contribution in [0.15, 0.2) is 23.3 Å².